The molecule has 0 saturated carbocycles. The van der Waals surface area contributed by atoms with Gasteiger partial charge >= 0.3 is 0 Å². The molecule has 1 aromatic rings. The summed E-state index contributed by atoms with van der Waals surface area (Å²) in [6, 6.07) is 3.56. The Kier molecular flexibility index (Phi) is 6.18. The number of carbonyl (C=O) groups excluding carboxylic acids is 1. The van der Waals surface area contributed by atoms with E-state index in [1.165, 1.54) is 0 Å². The van der Waals surface area contributed by atoms with Crippen LogP contribution < -0.4 is 11.1 Å². The molecule has 0 aliphatic rings. The van der Waals surface area contributed by atoms with E-state index in [2.05, 4.69) is 21.2 Å². The summed E-state index contributed by atoms with van der Waals surface area (Å²) in [5.74, 6) is 0.763. The molecule has 0 bridgehead atoms. The molecule has 18 heavy (non-hydrogen) atoms. The molecule has 0 fully saturated rings. The second-order valence-corrected chi connectivity index (χ2v) is 6.16. The number of anilines is 1. The van der Waals surface area contributed by atoms with Crippen LogP contribution in [0.5, 0.6) is 0 Å². The van der Waals surface area contributed by atoms with Gasteiger partial charge in [-0.25, -0.2) is 0 Å². The lowest BCUT2D eigenvalue weighted by molar-refractivity contribution is -0.117. The van der Waals surface area contributed by atoms with Gasteiger partial charge in [0.2, 0.25) is 5.91 Å². The number of thioether (sulfide) groups is 1. The molecule has 1 atom stereocenters. The molecule has 1 amide bonds. The van der Waals surface area contributed by atoms with Crippen LogP contribution >= 0.6 is 27.7 Å². The first-order chi connectivity index (χ1) is 8.45. The molecule has 0 radical (unpaired) electrons. The molecular weight excluding hydrogens is 312 g/mol. The molecule has 0 saturated heterocycles. The number of nitrogens with one attached hydrogen (secondary N) is 1. The lowest BCUT2D eigenvalue weighted by Crippen LogP contribution is -2.36. The van der Waals surface area contributed by atoms with Crippen LogP contribution in [0.25, 0.3) is 0 Å². The number of nitrogens with two attached hydrogens (primary N) is 1. The Morgan fingerprint density at radius 3 is 2.72 bits per heavy atom. The first-order valence-corrected chi connectivity index (χ1v) is 7.96. The van der Waals surface area contributed by atoms with E-state index in [4.69, 9.17) is 5.73 Å². The topological polar surface area (TPSA) is 55.1 Å². The number of aryl methyl sites for hydroxylation is 2. The summed E-state index contributed by atoms with van der Waals surface area (Å²) in [6.45, 7) is 3.99. The Morgan fingerprint density at radius 2 is 2.17 bits per heavy atom. The van der Waals surface area contributed by atoms with E-state index in [1.54, 1.807) is 11.8 Å². The number of amides is 1. The van der Waals surface area contributed by atoms with Gasteiger partial charge in [0.15, 0.2) is 0 Å². The van der Waals surface area contributed by atoms with Crippen molar-refractivity contribution < 1.29 is 4.79 Å². The SMILES string of the molecule is CSCC[C@H](N)C(=O)Nc1c(C)cc(C)cc1Br. The van der Waals surface area contributed by atoms with E-state index in [0.717, 1.165) is 27.0 Å². The average Bonchev–Trinajstić information content (AvgIpc) is 2.30. The molecule has 0 aliphatic carbocycles. The zero-order chi connectivity index (χ0) is 13.7. The van der Waals surface area contributed by atoms with Gasteiger partial charge in [-0.1, -0.05) is 6.07 Å². The maximum absolute atomic E-state index is 11.9. The van der Waals surface area contributed by atoms with Crippen molar-refractivity contribution in [3.8, 4) is 0 Å². The third kappa shape index (κ3) is 4.30. The van der Waals surface area contributed by atoms with Crippen LogP contribution in [0.4, 0.5) is 5.69 Å². The molecule has 3 N–H and O–H groups in total. The number of carbonyl (C=O) groups is 1. The van der Waals surface area contributed by atoms with E-state index in [-0.39, 0.29) is 5.91 Å². The predicted molar refractivity (Wildman–Crippen MR) is 83.2 cm³/mol. The lowest BCUT2D eigenvalue weighted by Gasteiger charge is -2.15. The molecule has 3 nitrogen and oxygen atoms in total. The molecule has 100 valence electrons. The van der Waals surface area contributed by atoms with E-state index < -0.39 is 6.04 Å². The minimum absolute atomic E-state index is 0.128. The maximum atomic E-state index is 11.9. The van der Waals surface area contributed by atoms with Gasteiger partial charge in [-0.05, 0) is 65.4 Å². The molecule has 1 aromatic carbocycles. The van der Waals surface area contributed by atoms with Crippen molar-refractivity contribution in [1.82, 2.24) is 0 Å². The fraction of sp³-hybridized carbons (Fsp3) is 0.462. The Morgan fingerprint density at radius 1 is 1.50 bits per heavy atom. The highest BCUT2D eigenvalue weighted by molar-refractivity contribution is 9.10. The van der Waals surface area contributed by atoms with Crippen molar-refractivity contribution in [2.75, 3.05) is 17.3 Å². The van der Waals surface area contributed by atoms with Crippen LogP contribution in [0.3, 0.4) is 0 Å². The Balaban J connectivity index is 2.76. The van der Waals surface area contributed by atoms with Gasteiger partial charge in [-0.15, -0.1) is 0 Å². The van der Waals surface area contributed by atoms with Crippen LogP contribution in [0.15, 0.2) is 16.6 Å². The van der Waals surface area contributed by atoms with Crippen molar-refractivity contribution in [3.05, 3.63) is 27.7 Å². The van der Waals surface area contributed by atoms with Crippen molar-refractivity contribution in [1.29, 1.82) is 0 Å². The third-order valence-corrected chi connectivity index (χ3v) is 3.92. The second-order valence-electron chi connectivity index (χ2n) is 4.32. The smallest absolute Gasteiger partial charge is 0.241 e. The van der Waals surface area contributed by atoms with Crippen molar-refractivity contribution in [2.45, 2.75) is 26.3 Å². The molecular formula is C13H19BrN2OS. The summed E-state index contributed by atoms with van der Waals surface area (Å²) in [6.07, 6.45) is 2.70. The van der Waals surface area contributed by atoms with Crippen molar-refractivity contribution in [3.63, 3.8) is 0 Å². The number of benzene rings is 1. The highest BCUT2D eigenvalue weighted by Gasteiger charge is 2.15. The van der Waals surface area contributed by atoms with E-state index in [9.17, 15) is 4.79 Å². The second kappa shape index (κ2) is 7.16. The summed E-state index contributed by atoms with van der Waals surface area (Å²) >= 11 is 5.16. The Hall–Kier alpha value is -0.520. The zero-order valence-electron chi connectivity index (χ0n) is 10.9. The van der Waals surface area contributed by atoms with Gasteiger partial charge in [-0.2, -0.15) is 11.8 Å². The minimum Gasteiger partial charge on any atom is -0.323 e. The van der Waals surface area contributed by atoms with Gasteiger partial charge in [0.1, 0.15) is 0 Å². The van der Waals surface area contributed by atoms with Crippen LogP contribution in [0.2, 0.25) is 0 Å². The van der Waals surface area contributed by atoms with Gasteiger partial charge in [0.05, 0.1) is 11.7 Å². The van der Waals surface area contributed by atoms with Crippen LogP contribution in [0.1, 0.15) is 17.5 Å². The lowest BCUT2D eigenvalue weighted by atomic mass is 10.1. The molecule has 0 unspecified atom stereocenters. The molecule has 1 rings (SSSR count). The Labute approximate surface area is 121 Å². The standard InChI is InChI=1S/C13H19BrN2OS/c1-8-6-9(2)12(10(14)7-8)16-13(17)11(15)4-5-18-3/h6-7,11H,4-5,15H2,1-3H3,(H,16,17)/t11-/m0/s1. The number of rotatable bonds is 5. The molecule has 0 aliphatic heterocycles. The number of hydrogen-bond donors (Lipinski definition) is 2. The summed E-state index contributed by atoms with van der Waals surface area (Å²) in [7, 11) is 0. The van der Waals surface area contributed by atoms with Crippen LogP contribution in [-0.4, -0.2) is 24.0 Å². The first kappa shape index (κ1) is 15.5. The Bertz CT molecular complexity index is 414. The van der Waals surface area contributed by atoms with Gasteiger partial charge in [0, 0.05) is 4.47 Å². The molecule has 0 aromatic heterocycles. The third-order valence-electron chi connectivity index (χ3n) is 2.65. The highest BCUT2D eigenvalue weighted by Crippen LogP contribution is 2.27. The first-order valence-electron chi connectivity index (χ1n) is 5.77. The molecule has 0 heterocycles. The summed E-state index contributed by atoms with van der Waals surface area (Å²) < 4.78 is 0.894. The average molecular weight is 331 g/mol. The highest BCUT2D eigenvalue weighted by atomic mass is 79.9. The quantitative estimate of drug-likeness (QED) is 0.872. The van der Waals surface area contributed by atoms with Gasteiger partial charge in [-0.3, -0.25) is 4.79 Å². The fourth-order valence-electron chi connectivity index (χ4n) is 1.67. The van der Waals surface area contributed by atoms with E-state index in [0.29, 0.717) is 6.42 Å². The van der Waals surface area contributed by atoms with Crippen molar-refractivity contribution >= 4 is 39.3 Å². The summed E-state index contributed by atoms with van der Waals surface area (Å²) in [4.78, 5) is 11.9. The van der Waals surface area contributed by atoms with Crippen molar-refractivity contribution in [2.24, 2.45) is 5.73 Å². The number of halogens is 1. The van der Waals surface area contributed by atoms with Gasteiger partial charge < -0.3 is 11.1 Å². The largest absolute Gasteiger partial charge is 0.323 e. The molecule has 5 heteroatoms. The number of hydrogen-bond acceptors (Lipinski definition) is 3. The monoisotopic (exact) mass is 330 g/mol. The summed E-state index contributed by atoms with van der Waals surface area (Å²) in [5.41, 5.74) is 8.84. The van der Waals surface area contributed by atoms with E-state index in [1.807, 2.05) is 32.2 Å². The van der Waals surface area contributed by atoms with E-state index >= 15 is 0 Å². The van der Waals surface area contributed by atoms with Crippen LogP contribution in [-0.2, 0) is 4.79 Å². The fourth-order valence-corrected chi connectivity index (χ4v) is 2.93. The van der Waals surface area contributed by atoms with Crippen LogP contribution in [0, 0.1) is 13.8 Å². The molecule has 0 spiro atoms. The zero-order valence-corrected chi connectivity index (χ0v) is 13.3. The van der Waals surface area contributed by atoms with Gasteiger partial charge in [0.25, 0.3) is 0 Å². The minimum atomic E-state index is -0.454. The predicted octanol–water partition coefficient (Wildman–Crippen LogP) is 3.08. The normalized spacial score (nSPS) is 12.3. The summed E-state index contributed by atoms with van der Waals surface area (Å²) in [5, 5.41) is 2.89. The maximum Gasteiger partial charge on any atom is 0.241 e.